The molecule has 178 valence electrons. The van der Waals surface area contributed by atoms with Gasteiger partial charge in [0.05, 0.1) is 28.8 Å². The predicted molar refractivity (Wildman–Crippen MR) is 137 cm³/mol. The van der Waals surface area contributed by atoms with E-state index in [0.29, 0.717) is 17.3 Å². The first-order valence-corrected chi connectivity index (χ1v) is 11.9. The van der Waals surface area contributed by atoms with Crippen molar-refractivity contribution in [2.45, 2.75) is 19.4 Å². The minimum atomic E-state index is -0.351. The average Bonchev–Trinajstić information content (AvgIpc) is 2.83. The van der Waals surface area contributed by atoms with E-state index in [1.165, 1.54) is 0 Å². The molecule has 34 heavy (non-hydrogen) atoms. The number of nitrogens with zero attached hydrogens (tertiary/aromatic N) is 4. The van der Waals surface area contributed by atoms with Crippen LogP contribution in [0.5, 0.6) is 0 Å². The van der Waals surface area contributed by atoms with Gasteiger partial charge in [0, 0.05) is 62.6 Å². The SMILES string of the molecule is CC1CC(N)CN(c2ccncc2NC(=O)c2nc3cc(N4CCNCC4)ccc3cc2N)C1. The summed E-state index contributed by atoms with van der Waals surface area (Å²) >= 11 is 0. The zero-order chi connectivity index (χ0) is 23.7. The molecule has 1 aromatic carbocycles. The summed E-state index contributed by atoms with van der Waals surface area (Å²) in [5.74, 6) is 0.124. The van der Waals surface area contributed by atoms with Gasteiger partial charge < -0.3 is 31.9 Å². The van der Waals surface area contributed by atoms with Crippen molar-refractivity contribution < 1.29 is 4.79 Å². The van der Waals surface area contributed by atoms with Gasteiger partial charge in [-0.25, -0.2) is 4.98 Å². The third-order valence-corrected chi connectivity index (χ3v) is 6.61. The molecular weight excluding hydrogens is 428 g/mol. The Morgan fingerprint density at radius 2 is 1.97 bits per heavy atom. The maximum Gasteiger partial charge on any atom is 0.276 e. The molecule has 0 saturated carbocycles. The van der Waals surface area contributed by atoms with Crippen molar-refractivity contribution in [3.05, 3.63) is 48.4 Å². The van der Waals surface area contributed by atoms with Gasteiger partial charge in [-0.3, -0.25) is 9.78 Å². The fraction of sp³-hybridized carbons (Fsp3) is 0.400. The van der Waals surface area contributed by atoms with Gasteiger partial charge in [0.25, 0.3) is 5.91 Å². The number of nitrogens with two attached hydrogens (primary N) is 2. The van der Waals surface area contributed by atoms with Gasteiger partial charge in [-0.2, -0.15) is 0 Å². The summed E-state index contributed by atoms with van der Waals surface area (Å²) in [6, 6.07) is 9.95. The highest BCUT2D eigenvalue weighted by atomic mass is 16.1. The number of piperazine rings is 1. The molecule has 9 heteroatoms. The fourth-order valence-electron chi connectivity index (χ4n) is 5.01. The van der Waals surface area contributed by atoms with Gasteiger partial charge in [-0.15, -0.1) is 0 Å². The molecule has 2 aliphatic rings. The summed E-state index contributed by atoms with van der Waals surface area (Å²) in [6.07, 6.45) is 4.39. The first kappa shape index (κ1) is 22.4. The molecule has 0 aliphatic carbocycles. The van der Waals surface area contributed by atoms with Crippen molar-refractivity contribution in [3.63, 3.8) is 0 Å². The molecule has 4 heterocycles. The lowest BCUT2D eigenvalue weighted by Crippen LogP contribution is -2.46. The first-order valence-electron chi connectivity index (χ1n) is 11.9. The molecule has 0 radical (unpaired) electrons. The number of carbonyl (C=O) groups is 1. The van der Waals surface area contributed by atoms with Crippen molar-refractivity contribution in [2.24, 2.45) is 11.7 Å². The Hall–Kier alpha value is -3.43. The summed E-state index contributed by atoms with van der Waals surface area (Å²) in [5.41, 5.74) is 16.5. The average molecular weight is 461 g/mol. The minimum Gasteiger partial charge on any atom is -0.397 e. The van der Waals surface area contributed by atoms with Gasteiger partial charge in [0.15, 0.2) is 5.69 Å². The lowest BCUT2D eigenvalue weighted by atomic mass is 9.96. The van der Waals surface area contributed by atoms with Crippen molar-refractivity contribution >= 4 is 39.6 Å². The van der Waals surface area contributed by atoms with Crippen LogP contribution in [0.3, 0.4) is 0 Å². The zero-order valence-electron chi connectivity index (χ0n) is 19.5. The maximum absolute atomic E-state index is 13.3. The smallest absolute Gasteiger partial charge is 0.276 e. The molecular formula is C25H32N8O. The van der Waals surface area contributed by atoms with Crippen LogP contribution in [0.4, 0.5) is 22.7 Å². The minimum absolute atomic E-state index is 0.100. The van der Waals surface area contributed by atoms with Crippen molar-refractivity contribution in [2.75, 3.05) is 60.1 Å². The largest absolute Gasteiger partial charge is 0.397 e. The molecule has 2 unspecified atom stereocenters. The Bertz CT molecular complexity index is 1180. The third kappa shape index (κ3) is 4.62. The van der Waals surface area contributed by atoms with E-state index in [0.717, 1.165) is 68.0 Å². The summed E-state index contributed by atoms with van der Waals surface area (Å²) in [5, 5.41) is 7.27. The van der Waals surface area contributed by atoms with E-state index in [-0.39, 0.29) is 17.6 Å². The van der Waals surface area contributed by atoms with Crippen LogP contribution in [0.2, 0.25) is 0 Å². The molecule has 2 aromatic heterocycles. The highest BCUT2D eigenvalue weighted by Gasteiger charge is 2.25. The Morgan fingerprint density at radius 1 is 1.15 bits per heavy atom. The Labute approximate surface area is 199 Å². The number of fused-ring (bicyclic) bond motifs is 1. The topological polar surface area (TPSA) is 125 Å². The molecule has 2 saturated heterocycles. The number of aromatic nitrogens is 2. The number of benzene rings is 1. The number of carbonyl (C=O) groups excluding carboxylic acids is 1. The van der Waals surface area contributed by atoms with Crippen molar-refractivity contribution in [3.8, 4) is 0 Å². The monoisotopic (exact) mass is 460 g/mol. The first-order chi connectivity index (χ1) is 16.5. The predicted octanol–water partition coefficient (Wildman–Crippen LogP) is 2.05. The van der Waals surface area contributed by atoms with Crippen LogP contribution in [-0.2, 0) is 0 Å². The standard InChI is InChI=1S/C25H32N8O/c1-16-10-18(26)15-33(14-16)23-4-5-29-13-22(23)31-25(34)24-20(27)11-17-2-3-19(12-21(17)30-24)32-8-6-28-7-9-32/h2-5,11-13,16,18,28H,6-10,14-15,26-27H2,1H3,(H,31,34). The Balaban J connectivity index is 1.42. The summed E-state index contributed by atoms with van der Waals surface area (Å²) < 4.78 is 0. The number of nitrogen functional groups attached to an aromatic ring is 1. The number of nitrogens with one attached hydrogen (secondary N) is 2. The van der Waals surface area contributed by atoms with Gasteiger partial charge in [0.2, 0.25) is 0 Å². The number of hydrogen-bond acceptors (Lipinski definition) is 8. The normalized spacial score (nSPS) is 21.0. The molecule has 9 nitrogen and oxygen atoms in total. The molecule has 2 fully saturated rings. The molecule has 0 bridgehead atoms. The number of anilines is 4. The van der Waals surface area contributed by atoms with E-state index in [4.69, 9.17) is 11.5 Å². The van der Waals surface area contributed by atoms with Crippen molar-refractivity contribution in [1.29, 1.82) is 0 Å². The summed E-state index contributed by atoms with van der Waals surface area (Å²) in [4.78, 5) is 26.7. The molecule has 0 spiro atoms. The zero-order valence-corrected chi connectivity index (χ0v) is 19.5. The van der Waals surface area contributed by atoms with Crippen LogP contribution >= 0.6 is 0 Å². The van der Waals surface area contributed by atoms with Crippen LogP contribution in [0.1, 0.15) is 23.8 Å². The molecule has 2 atom stereocenters. The second-order valence-electron chi connectivity index (χ2n) is 9.39. The highest BCUT2D eigenvalue weighted by Crippen LogP contribution is 2.30. The van der Waals surface area contributed by atoms with Crippen LogP contribution in [-0.4, -0.2) is 61.2 Å². The lowest BCUT2D eigenvalue weighted by Gasteiger charge is -2.37. The summed E-state index contributed by atoms with van der Waals surface area (Å²) in [6.45, 7) is 7.60. The van der Waals surface area contributed by atoms with Gasteiger partial charge in [0.1, 0.15) is 0 Å². The second-order valence-corrected chi connectivity index (χ2v) is 9.39. The summed E-state index contributed by atoms with van der Waals surface area (Å²) in [7, 11) is 0. The maximum atomic E-state index is 13.3. The molecule has 5 rings (SSSR count). The quantitative estimate of drug-likeness (QED) is 0.466. The van der Waals surface area contributed by atoms with Crippen molar-refractivity contribution in [1.82, 2.24) is 15.3 Å². The van der Waals surface area contributed by atoms with E-state index < -0.39 is 0 Å². The number of hydrogen-bond donors (Lipinski definition) is 4. The van der Waals surface area contributed by atoms with E-state index in [9.17, 15) is 4.79 Å². The van der Waals surface area contributed by atoms with Gasteiger partial charge in [-0.1, -0.05) is 13.0 Å². The molecule has 6 N–H and O–H groups in total. The van der Waals surface area contributed by atoms with Gasteiger partial charge in [-0.05, 0) is 36.6 Å². The van der Waals surface area contributed by atoms with Gasteiger partial charge >= 0.3 is 0 Å². The molecule has 3 aromatic rings. The van der Waals surface area contributed by atoms with Crippen LogP contribution in [0.15, 0.2) is 42.7 Å². The number of amides is 1. The molecule has 1 amide bonds. The van der Waals surface area contributed by atoms with E-state index in [1.54, 1.807) is 12.4 Å². The van der Waals surface area contributed by atoms with E-state index >= 15 is 0 Å². The van der Waals surface area contributed by atoms with E-state index in [1.807, 2.05) is 24.3 Å². The Morgan fingerprint density at radius 3 is 2.76 bits per heavy atom. The van der Waals surface area contributed by atoms with Crippen LogP contribution in [0, 0.1) is 5.92 Å². The third-order valence-electron chi connectivity index (χ3n) is 6.61. The lowest BCUT2D eigenvalue weighted by molar-refractivity contribution is 0.102. The number of piperidine rings is 1. The highest BCUT2D eigenvalue weighted by molar-refractivity contribution is 6.09. The fourth-order valence-corrected chi connectivity index (χ4v) is 5.01. The molecule has 2 aliphatic heterocycles. The Kier molecular flexibility index (Phi) is 6.21. The van der Waals surface area contributed by atoms with Crippen LogP contribution < -0.4 is 31.9 Å². The second kappa shape index (κ2) is 9.44. The number of pyridine rings is 2. The van der Waals surface area contributed by atoms with Crippen LogP contribution in [0.25, 0.3) is 10.9 Å². The van der Waals surface area contributed by atoms with E-state index in [2.05, 4.69) is 43.4 Å². The number of rotatable bonds is 4.